The van der Waals surface area contributed by atoms with Crippen LogP contribution in [0.5, 0.6) is 11.5 Å². The lowest BCUT2D eigenvalue weighted by Gasteiger charge is -2.38. The van der Waals surface area contributed by atoms with Crippen molar-refractivity contribution in [3.8, 4) is 11.5 Å². The molecule has 3 rings (SSSR count). The molecule has 4 N–H and O–H groups in total. The molecule has 10 heteroatoms. The largest absolute Gasteiger partial charge is 0.497 e. The Hall–Kier alpha value is -2.66. The van der Waals surface area contributed by atoms with Crippen molar-refractivity contribution < 1.29 is 33.0 Å². The van der Waals surface area contributed by atoms with Gasteiger partial charge in [0.05, 0.1) is 19.1 Å². The zero-order valence-electron chi connectivity index (χ0n) is 17.5. The number of methoxy groups -OCH3 is 2. The van der Waals surface area contributed by atoms with Crippen LogP contribution in [0.2, 0.25) is 0 Å². The van der Waals surface area contributed by atoms with E-state index in [-0.39, 0.29) is 17.7 Å². The number of carbonyl (C=O) groups is 1. The third-order valence-electron chi connectivity index (χ3n) is 5.50. The Morgan fingerprint density at radius 3 is 1.84 bits per heavy atom. The quantitative estimate of drug-likeness (QED) is 0.538. The molecule has 0 saturated carbocycles. The van der Waals surface area contributed by atoms with Crippen molar-refractivity contribution in [1.29, 1.82) is 0 Å². The fourth-order valence-electron chi connectivity index (χ4n) is 3.64. The summed E-state index contributed by atoms with van der Waals surface area (Å²) >= 11 is 0. The van der Waals surface area contributed by atoms with E-state index in [1.54, 1.807) is 7.11 Å². The van der Waals surface area contributed by atoms with Crippen molar-refractivity contribution in [2.45, 2.75) is 29.0 Å². The van der Waals surface area contributed by atoms with E-state index in [1.165, 1.54) is 31.4 Å². The van der Waals surface area contributed by atoms with Gasteiger partial charge >= 0.3 is 5.97 Å². The summed E-state index contributed by atoms with van der Waals surface area (Å²) in [5.41, 5.74) is 1.06. The summed E-state index contributed by atoms with van der Waals surface area (Å²) in [6.07, 6.45) is 0.0691. The molecule has 2 aromatic carbocycles. The Kier molecular flexibility index (Phi) is 8.40. The summed E-state index contributed by atoms with van der Waals surface area (Å²) < 4.78 is 34.9. The van der Waals surface area contributed by atoms with E-state index in [4.69, 9.17) is 14.7 Å². The first-order valence-corrected chi connectivity index (χ1v) is 11.0. The molecule has 9 nitrogen and oxygen atoms in total. The average Bonchev–Trinajstić information content (AvgIpc) is 2.81. The highest BCUT2D eigenvalue weighted by Crippen LogP contribution is 2.37. The van der Waals surface area contributed by atoms with E-state index in [1.807, 2.05) is 24.3 Å². The van der Waals surface area contributed by atoms with Crippen molar-refractivity contribution >= 4 is 15.8 Å². The Bertz CT molecular complexity index is 952. The number of sulfone groups is 1. The summed E-state index contributed by atoms with van der Waals surface area (Å²) in [4.78, 5) is 14.2. The highest BCUT2D eigenvalue weighted by Gasteiger charge is 2.53. The summed E-state index contributed by atoms with van der Waals surface area (Å²) in [7, 11) is -0.959. The lowest BCUT2D eigenvalue weighted by atomic mass is 9.95. The number of ether oxygens (including phenoxy) is 2. The minimum absolute atomic E-state index is 0.00399. The van der Waals surface area contributed by atoms with Crippen molar-refractivity contribution in [1.82, 2.24) is 4.90 Å². The standard InChI is InChI=1S/C21H25NO6S.H3NO/c1-27-17-5-3-16(4-6-17)15-22-13-11-21(12-14-22,20(23)24)29(25,26)19-9-7-18(28-2)8-10-19;1-2/h3-10H,11-15H2,1-2H3,(H,23,24);2H,1H2. The van der Waals surface area contributed by atoms with Crippen molar-refractivity contribution in [2.75, 3.05) is 27.3 Å². The van der Waals surface area contributed by atoms with Gasteiger partial charge in [0.25, 0.3) is 0 Å². The Morgan fingerprint density at radius 1 is 0.968 bits per heavy atom. The number of hydrogen-bond acceptors (Lipinski definition) is 8. The molecule has 0 amide bonds. The molecule has 1 aliphatic heterocycles. The van der Waals surface area contributed by atoms with E-state index in [9.17, 15) is 18.3 Å². The number of nitrogens with zero attached hydrogens (tertiary/aromatic N) is 1. The number of likely N-dealkylation sites (tertiary alicyclic amines) is 1. The van der Waals surface area contributed by atoms with Crippen LogP contribution >= 0.6 is 0 Å². The maximum Gasteiger partial charge on any atom is 0.325 e. The SMILES string of the molecule is COc1ccc(CN2CCC(C(=O)O)(S(=O)(=O)c3ccc(OC)cc3)CC2)cc1.NO. The van der Waals surface area contributed by atoms with Crippen LogP contribution < -0.4 is 15.4 Å². The number of rotatable bonds is 7. The van der Waals surface area contributed by atoms with Gasteiger partial charge in [-0.25, -0.2) is 14.3 Å². The van der Waals surface area contributed by atoms with Gasteiger partial charge in [0.15, 0.2) is 14.6 Å². The summed E-state index contributed by atoms with van der Waals surface area (Å²) in [6, 6.07) is 13.5. The number of aliphatic carboxylic acids is 1. The van der Waals surface area contributed by atoms with Crippen LogP contribution in [-0.4, -0.2) is 61.7 Å². The first kappa shape index (κ1) is 24.6. The third kappa shape index (κ3) is 5.16. The second-order valence-corrected chi connectivity index (χ2v) is 9.36. The van der Waals surface area contributed by atoms with Gasteiger partial charge in [0.1, 0.15) is 11.5 Å². The van der Waals surface area contributed by atoms with Crippen molar-refractivity contribution in [2.24, 2.45) is 5.90 Å². The molecule has 170 valence electrons. The minimum Gasteiger partial charge on any atom is -0.497 e. The number of nitrogens with two attached hydrogens (primary N) is 1. The molecule has 1 fully saturated rings. The number of benzene rings is 2. The van der Waals surface area contributed by atoms with Crippen LogP contribution in [0, 0.1) is 0 Å². The molecular formula is C21H28N2O7S. The second kappa shape index (κ2) is 10.6. The molecule has 0 radical (unpaired) electrons. The molecule has 0 bridgehead atoms. The van der Waals surface area contributed by atoms with E-state index in [0.717, 1.165) is 11.3 Å². The maximum absolute atomic E-state index is 13.2. The van der Waals surface area contributed by atoms with Crippen molar-refractivity contribution in [3.63, 3.8) is 0 Å². The van der Waals surface area contributed by atoms with Crippen LogP contribution in [0.25, 0.3) is 0 Å². The van der Waals surface area contributed by atoms with Crippen LogP contribution in [0.1, 0.15) is 18.4 Å². The second-order valence-electron chi connectivity index (χ2n) is 7.10. The third-order valence-corrected chi connectivity index (χ3v) is 8.01. The topological polar surface area (TPSA) is 139 Å². The van der Waals surface area contributed by atoms with Gasteiger partial charge in [-0.2, -0.15) is 0 Å². The van der Waals surface area contributed by atoms with E-state index >= 15 is 0 Å². The molecule has 0 aromatic heterocycles. The number of carboxylic acids is 1. The number of piperidine rings is 1. The molecule has 0 aliphatic carbocycles. The van der Waals surface area contributed by atoms with E-state index < -0.39 is 20.6 Å². The normalized spacial score (nSPS) is 16.0. The van der Waals surface area contributed by atoms with Crippen LogP contribution in [-0.2, 0) is 21.2 Å². The first-order chi connectivity index (χ1) is 14.8. The monoisotopic (exact) mass is 452 g/mol. The molecule has 1 heterocycles. The fourth-order valence-corrected chi connectivity index (χ4v) is 5.53. The van der Waals surface area contributed by atoms with Gasteiger partial charge < -0.3 is 19.8 Å². The van der Waals surface area contributed by atoms with Gasteiger partial charge in [-0.3, -0.25) is 9.69 Å². The van der Waals surface area contributed by atoms with Gasteiger partial charge in [0.2, 0.25) is 0 Å². The zero-order valence-corrected chi connectivity index (χ0v) is 18.3. The van der Waals surface area contributed by atoms with E-state index in [0.29, 0.717) is 25.4 Å². The summed E-state index contributed by atoms with van der Waals surface area (Å²) in [5.74, 6) is 3.49. The first-order valence-electron chi connectivity index (χ1n) is 9.55. The average molecular weight is 453 g/mol. The molecule has 1 aliphatic rings. The zero-order chi connectivity index (χ0) is 23.1. The minimum atomic E-state index is -4.05. The van der Waals surface area contributed by atoms with Crippen LogP contribution in [0.15, 0.2) is 53.4 Å². The lowest BCUT2D eigenvalue weighted by molar-refractivity contribution is -0.141. The number of hydrogen-bond donors (Lipinski definition) is 3. The Labute approximate surface area is 181 Å². The summed E-state index contributed by atoms with van der Waals surface area (Å²) in [5, 5.41) is 16.4. The van der Waals surface area contributed by atoms with E-state index in [2.05, 4.69) is 10.8 Å². The van der Waals surface area contributed by atoms with Gasteiger partial charge in [-0.05, 0) is 54.8 Å². The lowest BCUT2D eigenvalue weighted by Crippen LogP contribution is -2.54. The predicted molar refractivity (Wildman–Crippen MR) is 114 cm³/mol. The molecule has 1 saturated heterocycles. The van der Waals surface area contributed by atoms with Crippen LogP contribution in [0.4, 0.5) is 0 Å². The predicted octanol–water partition coefficient (Wildman–Crippen LogP) is 1.93. The maximum atomic E-state index is 13.2. The molecular weight excluding hydrogens is 424 g/mol. The highest BCUT2D eigenvalue weighted by atomic mass is 32.2. The molecule has 0 spiro atoms. The fraction of sp³-hybridized carbons (Fsp3) is 0.381. The smallest absolute Gasteiger partial charge is 0.325 e. The molecule has 2 aromatic rings. The Balaban J connectivity index is 0.00000166. The summed E-state index contributed by atoms with van der Waals surface area (Å²) in [6.45, 7) is 1.39. The van der Waals surface area contributed by atoms with Gasteiger partial charge in [-0.15, -0.1) is 0 Å². The van der Waals surface area contributed by atoms with Crippen molar-refractivity contribution in [3.05, 3.63) is 54.1 Å². The van der Waals surface area contributed by atoms with Gasteiger partial charge in [0, 0.05) is 19.6 Å². The van der Waals surface area contributed by atoms with Crippen LogP contribution in [0.3, 0.4) is 0 Å². The molecule has 31 heavy (non-hydrogen) atoms. The molecule has 0 atom stereocenters. The molecule has 0 unspecified atom stereocenters. The van der Waals surface area contributed by atoms with Gasteiger partial charge in [-0.1, -0.05) is 12.1 Å². The highest BCUT2D eigenvalue weighted by molar-refractivity contribution is 7.93. The Morgan fingerprint density at radius 2 is 1.42 bits per heavy atom. The number of carboxylic acid groups (broad SMARTS) is 1.